The van der Waals surface area contributed by atoms with Crippen LogP contribution in [0.4, 0.5) is 0 Å². The molecule has 6 nitrogen and oxygen atoms in total. The molecule has 126 valence electrons. The van der Waals surface area contributed by atoms with E-state index >= 15 is 0 Å². The lowest BCUT2D eigenvalue weighted by Gasteiger charge is -2.21. The maximum atomic E-state index is 5.79. The summed E-state index contributed by atoms with van der Waals surface area (Å²) >= 11 is 0. The summed E-state index contributed by atoms with van der Waals surface area (Å²) < 4.78 is 11.1. The number of aryl methyl sites for hydroxylation is 2. The van der Waals surface area contributed by atoms with Crippen LogP contribution < -0.4 is 0 Å². The van der Waals surface area contributed by atoms with E-state index in [1.165, 1.54) is 6.42 Å². The zero-order valence-corrected chi connectivity index (χ0v) is 13.9. The molecule has 1 aliphatic rings. The molecule has 0 spiro atoms. The fraction of sp³-hybridized carbons (Fsp3) is 0.500. The second-order valence-electron chi connectivity index (χ2n) is 6.27. The van der Waals surface area contributed by atoms with Gasteiger partial charge < -0.3 is 8.94 Å². The van der Waals surface area contributed by atoms with Crippen molar-refractivity contribution in [2.75, 3.05) is 13.1 Å². The predicted molar refractivity (Wildman–Crippen MR) is 89.6 cm³/mol. The maximum absolute atomic E-state index is 5.79. The molecule has 1 fully saturated rings. The Labute approximate surface area is 140 Å². The van der Waals surface area contributed by atoms with Gasteiger partial charge in [0, 0.05) is 12.8 Å². The summed E-state index contributed by atoms with van der Waals surface area (Å²) in [6, 6.07) is 8.20. The lowest BCUT2D eigenvalue weighted by molar-refractivity contribution is 0.237. The van der Waals surface area contributed by atoms with E-state index in [2.05, 4.69) is 20.0 Å². The minimum absolute atomic E-state index is 0.290. The van der Waals surface area contributed by atoms with E-state index in [0.29, 0.717) is 0 Å². The van der Waals surface area contributed by atoms with Crippen LogP contribution in [0.3, 0.4) is 0 Å². The van der Waals surface area contributed by atoms with Gasteiger partial charge in [-0.15, -0.1) is 0 Å². The Bertz CT molecular complexity index is 777. The van der Waals surface area contributed by atoms with E-state index in [-0.39, 0.29) is 6.04 Å². The van der Waals surface area contributed by atoms with E-state index < -0.39 is 0 Å². The topological polar surface area (TPSA) is 68.2 Å². The van der Waals surface area contributed by atoms with Crippen molar-refractivity contribution in [3.05, 3.63) is 41.9 Å². The number of hydrogen-bond acceptors (Lipinski definition) is 6. The average molecular weight is 326 g/mol. The molecular weight excluding hydrogens is 304 g/mol. The van der Waals surface area contributed by atoms with Crippen molar-refractivity contribution in [2.45, 2.75) is 45.1 Å². The van der Waals surface area contributed by atoms with Crippen molar-refractivity contribution in [3.63, 3.8) is 0 Å². The van der Waals surface area contributed by atoms with Gasteiger partial charge in [0.15, 0.2) is 17.3 Å². The van der Waals surface area contributed by atoms with Gasteiger partial charge in [0.05, 0.1) is 6.04 Å². The predicted octanol–water partition coefficient (Wildman–Crippen LogP) is 3.54. The molecule has 6 heteroatoms. The standard InChI is InChI=1S/C18H22N4O2/c1-2-16-20-18(21-24-16)14-8-5-11-22(14)12-6-10-17-19-13-7-3-4-9-15(13)23-17/h3-4,7,9,14H,2,5-6,8,10-12H2,1H3/t14-/m1/s1. The van der Waals surface area contributed by atoms with Crippen molar-refractivity contribution < 1.29 is 8.94 Å². The Balaban J connectivity index is 1.36. The Kier molecular flexibility index (Phi) is 4.30. The third-order valence-corrected chi connectivity index (χ3v) is 4.62. The number of aromatic nitrogens is 3. The van der Waals surface area contributed by atoms with Crippen molar-refractivity contribution in [1.29, 1.82) is 0 Å². The second kappa shape index (κ2) is 6.73. The summed E-state index contributed by atoms with van der Waals surface area (Å²) in [5.41, 5.74) is 1.80. The van der Waals surface area contributed by atoms with Crippen LogP contribution in [0.5, 0.6) is 0 Å². The summed E-state index contributed by atoms with van der Waals surface area (Å²) in [5, 5.41) is 4.16. The van der Waals surface area contributed by atoms with Gasteiger partial charge in [-0.05, 0) is 44.5 Å². The Morgan fingerprint density at radius 1 is 1.21 bits per heavy atom. The molecular formula is C18H22N4O2. The number of fused-ring (bicyclic) bond motifs is 1. The van der Waals surface area contributed by atoms with Crippen molar-refractivity contribution in [1.82, 2.24) is 20.0 Å². The van der Waals surface area contributed by atoms with Crippen LogP contribution in [-0.2, 0) is 12.8 Å². The average Bonchev–Trinajstić information content (AvgIpc) is 3.33. The lowest BCUT2D eigenvalue weighted by Crippen LogP contribution is -2.25. The van der Waals surface area contributed by atoms with Crippen LogP contribution in [0, 0.1) is 0 Å². The maximum Gasteiger partial charge on any atom is 0.226 e. The van der Waals surface area contributed by atoms with Crippen molar-refractivity contribution >= 4 is 11.1 Å². The molecule has 3 heterocycles. The first-order chi connectivity index (χ1) is 11.8. The van der Waals surface area contributed by atoms with Crippen LogP contribution in [0.25, 0.3) is 11.1 Å². The van der Waals surface area contributed by atoms with Crippen LogP contribution in [0.2, 0.25) is 0 Å². The molecule has 0 N–H and O–H groups in total. The van der Waals surface area contributed by atoms with Gasteiger partial charge in [0.2, 0.25) is 5.89 Å². The first-order valence-corrected chi connectivity index (χ1v) is 8.74. The molecule has 3 aromatic rings. The summed E-state index contributed by atoms with van der Waals surface area (Å²) in [6.45, 7) is 4.12. The fourth-order valence-electron chi connectivity index (χ4n) is 3.39. The Hall–Kier alpha value is -2.21. The van der Waals surface area contributed by atoms with Crippen LogP contribution in [0.15, 0.2) is 33.2 Å². The van der Waals surface area contributed by atoms with Gasteiger partial charge >= 0.3 is 0 Å². The van der Waals surface area contributed by atoms with E-state index in [1.54, 1.807) is 0 Å². The van der Waals surface area contributed by atoms with Crippen LogP contribution in [0.1, 0.15) is 49.8 Å². The number of rotatable bonds is 6. The third kappa shape index (κ3) is 3.06. The molecule has 0 amide bonds. The Morgan fingerprint density at radius 3 is 2.96 bits per heavy atom. The van der Waals surface area contributed by atoms with E-state index in [0.717, 1.165) is 67.5 Å². The number of para-hydroxylation sites is 2. The highest BCUT2D eigenvalue weighted by molar-refractivity contribution is 5.72. The molecule has 1 aliphatic heterocycles. The number of benzene rings is 1. The summed E-state index contributed by atoms with van der Waals surface area (Å²) in [4.78, 5) is 11.5. The minimum atomic E-state index is 0.290. The largest absolute Gasteiger partial charge is 0.441 e. The zero-order valence-electron chi connectivity index (χ0n) is 13.9. The second-order valence-corrected chi connectivity index (χ2v) is 6.27. The highest BCUT2D eigenvalue weighted by Gasteiger charge is 2.29. The lowest BCUT2D eigenvalue weighted by atomic mass is 10.2. The van der Waals surface area contributed by atoms with Crippen molar-refractivity contribution in [2.24, 2.45) is 0 Å². The summed E-state index contributed by atoms with van der Waals surface area (Å²) in [5.74, 6) is 2.38. The van der Waals surface area contributed by atoms with Gasteiger partial charge in [0.25, 0.3) is 0 Å². The van der Waals surface area contributed by atoms with Crippen molar-refractivity contribution in [3.8, 4) is 0 Å². The smallest absolute Gasteiger partial charge is 0.226 e. The molecule has 1 atom stereocenters. The fourth-order valence-corrected chi connectivity index (χ4v) is 3.39. The summed E-state index contributed by atoms with van der Waals surface area (Å²) in [6.07, 6.45) is 4.94. The van der Waals surface area contributed by atoms with Gasteiger partial charge in [-0.3, -0.25) is 4.90 Å². The highest BCUT2D eigenvalue weighted by Crippen LogP contribution is 2.30. The molecule has 24 heavy (non-hydrogen) atoms. The molecule has 0 unspecified atom stereocenters. The SMILES string of the molecule is CCc1nc([C@H]2CCCN2CCCc2nc3ccccc3o2)no1. The number of hydrogen-bond donors (Lipinski definition) is 0. The molecule has 4 rings (SSSR count). The third-order valence-electron chi connectivity index (χ3n) is 4.62. The molecule has 0 radical (unpaired) electrons. The molecule has 1 saturated heterocycles. The molecule has 1 aromatic carbocycles. The van der Waals surface area contributed by atoms with E-state index in [9.17, 15) is 0 Å². The van der Waals surface area contributed by atoms with Crippen LogP contribution >= 0.6 is 0 Å². The Morgan fingerprint density at radius 2 is 2.12 bits per heavy atom. The number of oxazole rings is 1. The number of likely N-dealkylation sites (tertiary alicyclic amines) is 1. The zero-order chi connectivity index (χ0) is 16.4. The van der Waals surface area contributed by atoms with Gasteiger partial charge in [-0.2, -0.15) is 4.98 Å². The van der Waals surface area contributed by atoms with Gasteiger partial charge in [-0.1, -0.05) is 24.2 Å². The highest BCUT2D eigenvalue weighted by atomic mass is 16.5. The molecule has 2 aromatic heterocycles. The summed E-state index contributed by atoms with van der Waals surface area (Å²) in [7, 11) is 0. The first-order valence-electron chi connectivity index (χ1n) is 8.74. The minimum Gasteiger partial charge on any atom is -0.441 e. The van der Waals surface area contributed by atoms with E-state index in [1.807, 2.05) is 31.2 Å². The quantitative estimate of drug-likeness (QED) is 0.690. The number of nitrogens with zero attached hydrogens (tertiary/aromatic N) is 4. The molecule has 0 aliphatic carbocycles. The van der Waals surface area contributed by atoms with Crippen LogP contribution in [-0.4, -0.2) is 33.1 Å². The van der Waals surface area contributed by atoms with E-state index in [4.69, 9.17) is 8.94 Å². The van der Waals surface area contributed by atoms with Gasteiger partial charge in [0.1, 0.15) is 5.52 Å². The first kappa shape index (κ1) is 15.3. The molecule has 0 saturated carbocycles. The monoisotopic (exact) mass is 326 g/mol. The normalized spacial score (nSPS) is 18.6. The molecule has 0 bridgehead atoms. The van der Waals surface area contributed by atoms with Gasteiger partial charge in [-0.25, -0.2) is 4.98 Å².